The number of likely N-dealkylation sites (tertiary alicyclic amines) is 1. The van der Waals surface area contributed by atoms with Crippen LogP contribution in [0.5, 0.6) is 5.75 Å². The molecule has 1 amide bonds. The van der Waals surface area contributed by atoms with Crippen molar-refractivity contribution in [2.75, 3.05) is 18.4 Å². The zero-order valence-corrected chi connectivity index (χ0v) is 12.6. The molecule has 0 bridgehead atoms. The van der Waals surface area contributed by atoms with Crippen LogP contribution in [0.25, 0.3) is 0 Å². The SMILES string of the molecule is CC(Oc1ccccc1F)C(=O)N1CC(Nc2ncccn2)C1. The summed E-state index contributed by atoms with van der Waals surface area (Å²) < 4.78 is 18.9. The van der Waals surface area contributed by atoms with Crippen molar-refractivity contribution < 1.29 is 13.9 Å². The average molecular weight is 316 g/mol. The third-order valence-corrected chi connectivity index (χ3v) is 3.58. The summed E-state index contributed by atoms with van der Waals surface area (Å²) in [5.74, 6) is -0.0155. The maximum Gasteiger partial charge on any atom is 0.263 e. The first-order chi connectivity index (χ1) is 11.1. The number of nitrogens with one attached hydrogen (secondary N) is 1. The lowest BCUT2D eigenvalue weighted by atomic mass is 10.1. The van der Waals surface area contributed by atoms with Gasteiger partial charge in [-0.2, -0.15) is 0 Å². The van der Waals surface area contributed by atoms with E-state index in [9.17, 15) is 9.18 Å². The van der Waals surface area contributed by atoms with Crippen LogP contribution < -0.4 is 10.1 Å². The zero-order valence-electron chi connectivity index (χ0n) is 12.6. The molecule has 7 heteroatoms. The minimum absolute atomic E-state index is 0.0845. The summed E-state index contributed by atoms with van der Waals surface area (Å²) in [5, 5.41) is 3.14. The second-order valence-corrected chi connectivity index (χ2v) is 5.35. The molecule has 2 heterocycles. The number of amides is 1. The minimum atomic E-state index is -0.735. The van der Waals surface area contributed by atoms with E-state index in [0.717, 1.165) is 0 Å². The van der Waals surface area contributed by atoms with Crippen molar-refractivity contribution in [2.45, 2.75) is 19.1 Å². The molecule has 1 N–H and O–H groups in total. The number of para-hydroxylation sites is 1. The number of ether oxygens (including phenoxy) is 1. The lowest BCUT2D eigenvalue weighted by Crippen LogP contribution is -2.59. The Balaban J connectivity index is 1.49. The third-order valence-electron chi connectivity index (χ3n) is 3.58. The number of hydrogen-bond donors (Lipinski definition) is 1. The number of nitrogens with zero attached hydrogens (tertiary/aromatic N) is 3. The molecule has 0 radical (unpaired) electrons. The molecule has 1 aliphatic rings. The maximum absolute atomic E-state index is 13.5. The number of aromatic nitrogens is 2. The monoisotopic (exact) mass is 316 g/mol. The molecular formula is C16H17FN4O2. The largest absolute Gasteiger partial charge is 0.478 e. The van der Waals surface area contributed by atoms with E-state index >= 15 is 0 Å². The highest BCUT2D eigenvalue weighted by atomic mass is 19.1. The predicted octanol–water partition coefficient (Wildman–Crippen LogP) is 1.71. The Bertz CT molecular complexity index is 677. The van der Waals surface area contributed by atoms with Crippen LogP contribution in [-0.2, 0) is 4.79 Å². The van der Waals surface area contributed by atoms with Crippen molar-refractivity contribution in [3.05, 3.63) is 48.5 Å². The minimum Gasteiger partial charge on any atom is -0.478 e. The highest BCUT2D eigenvalue weighted by molar-refractivity contribution is 5.82. The van der Waals surface area contributed by atoms with Crippen LogP contribution in [0.15, 0.2) is 42.7 Å². The number of benzene rings is 1. The molecule has 1 saturated heterocycles. The Morgan fingerprint density at radius 2 is 2.00 bits per heavy atom. The van der Waals surface area contributed by atoms with Gasteiger partial charge in [0.15, 0.2) is 17.7 Å². The van der Waals surface area contributed by atoms with E-state index in [1.165, 1.54) is 12.1 Å². The van der Waals surface area contributed by atoms with Crippen molar-refractivity contribution in [3.63, 3.8) is 0 Å². The summed E-state index contributed by atoms with van der Waals surface area (Å²) in [5.41, 5.74) is 0. The van der Waals surface area contributed by atoms with Crippen LogP contribution in [0, 0.1) is 5.82 Å². The van der Waals surface area contributed by atoms with Crippen LogP contribution in [-0.4, -0.2) is 46.0 Å². The molecule has 0 aliphatic carbocycles. The van der Waals surface area contributed by atoms with Gasteiger partial charge in [0.1, 0.15) is 0 Å². The Morgan fingerprint density at radius 3 is 2.70 bits per heavy atom. The molecule has 0 saturated carbocycles. The highest BCUT2D eigenvalue weighted by Gasteiger charge is 2.34. The molecule has 1 aromatic carbocycles. The van der Waals surface area contributed by atoms with E-state index in [1.807, 2.05) is 0 Å². The lowest BCUT2D eigenvalue weighted by molar-refractivity contribution is -0.142. The Kier molecular flexibility index (Phi) is 4.36. The van der Waals surface area contributed by atoms with E-state index in [-0.39, 0.29) is 17.7 Å². The topological polar surface area (TPSA) is 67.3 Å². The molecule has 1 fully saturated rings. The quantitative estimate of drug-likeness (QED) is 0.909. The zero-order chi connectivity index (χ0) is 16.2. The van der Waals surface area contributed by atoms with Crippen LogP contribution in [0.4, 0.5) is 10.3 Å². The predicted molar refractivity (Wildman–Crippen MR) is 82.5 cm³/mol. The van der Waals surface area contributed by atoms with E-state index in [2.05, 4.69) is 15.3 Å². The fraction of sp³-hybridized carbons (Fsp3) is 0.312. The Morgan fingerprint density at radius 1 is 1.30 bits per heavy atom. The molecule has 23 heavy (non-hydrogen) atoms. The molecule has 3 rings (SSSR count). The first-order valence-corrected chi connectivity index (χ1v) is 7.37. The van der Waals surface area contributed by atoms with Crippen molar-refractivity contribution in [3.8, 4) is 5.75 Å². The van der Waals surface area contributed by atoms with Gasteiger partial charge in [0.25, 0.3) is 5.91 Å². The maximum atomic E-state index is 13.5. The normalized spacial score (nSPS) is 15.7. The number of anilines is 1. The standard InChI is InChI=1S/C16H17FN4O2/c1-11(23-14-6-3-2-5-13(14)17)15(22)21-9-12(10-21)20-16-18-7-4-8-19-16/h2-8,11-12H,9-10H2,1H3,(H,18,19,20). The molecule has 1 atom stereocenters. The molecule has 1 aromatic heterocycles. The molecule has 6 nitrogen and oxygen atoms in total. The number of carbonyl (C=O) groups is 1. The van der Waals surface area contributed by atoms with Gasteiger partial charge in [-0.15, -0.1) is 0 Å². The van der Waals surface area contributed by atoms with E-state index in [4.69, 9.17) is 4.74 Å². The summed E-state index contributed by atoms with van der Waals surface area (Å²) in [7, 11) is 0. The second kappa shape index (κ2) is 6.60. The average Bonchev–Trinajstić information content (AvgIpc) is 2.53. The van der Waals surface area contributed by atoms with Crippen LogP contribution in [0.2, 0.25) is 0 Å². The smallest absolute Gasteiger partial charge is 0.263 e. The Hall–Kier alpha value is -2.70. The number of hydrogen-bond acceptors (Lipinski definition) is 5. The van der Waals surface area contributed by atoms with Gasteiger partial charge in [-0.3, -0.25) is 4.79 Å². The van der Waals surface area contributed by atoms with E-state index in [0.29, 0.717) is 19.0 Å². The first kappa shape index (κ1) is 15.2. The van der Waals surface area contributed by atoms with Crippen LogP contribution in [0.3, 0.4) is 0 Å². The van der Waals surface area contributed by atoms with Gasteiger partial charge in [-0.1, -0.05) is 12.1 Å². The summed E-state index contributed by atoms with van der Waals surface area (Å²) in [6.45, 7) is 2.71. The lowest BCUT2D eigenvalue weighted by Gasteiger charge is -2.40. The van der Waals surface area contributed by atoms with Gasteiger partial charge >= 0.3 is 0 Å². The summed E-state index contributed by atoms with van der Waals surface area (Å²) >= 11 is 0. The molecule has 1 aliphatic heterocycles. The van der Waals surface area contributed by atoms with Crippen LogP contribution in [0.1, 0.15) is 6.92 Å². The van der Waals surface area contributed by atoms with Gasteiger partial charge < -0.3 is 15.0 Å². The van der Waals surface area contributed by atoms with Gasteiger partial charge in [0, 0.05) is 25.5 Å². The van der Waals surface area contributed by atoms with Crippen LogP contribution >= 0.6 is 0 Å². The molecule has 0 spiro atoms. The molecule has 120 valence electrons. The van der Waals surface area contributed by atoms with E-state index < -0.39 is 11.9 Å². The van der Waals surface area contributed by atoms with Gasteiger partial charge in [0.05, 0.1) is 6.04 Å². The van der Waals surface area contributed by atoms with Crippen molar-refractivity contribution >= 4 is 11.9 Å². The summed E-state index contributed by atoms with van der Waals surface area (Å²) in [6.07, 6.45) is 2.57. The fourth-order valence-electron chi connectivity index (χ4n) is 2.34. The van der Waals surface area contributed by atoms with Gasteiger partial charge in [0.2, 0.25) is 5.95 Å². The van der Waals surface area contributed by atoms with Crippen molar-refractivity contribution in [1.29, 1.82) is 0 Å². The molecule has 2 aromatic rings. The first-order valence-electron chi connectivity index (χ1n) is 7.37. The summed E-state index contributed by atoms with van der Waals surface area (Å²) in [4.78, 5) is 22.1. The van der Waals surface area contributed by atoms with Gasteiger partial charge in [-0.05, 0) is 25.1 Å². The number of halogens is 1. The number of carbonyl (C=O) groups excluding carboxylic acids is 1. The second-order valence-electron chi connectivity index (χ2n) is 5.35. The third kappa shape index (κ3) is 3.56. The van der Waals surface area contributed by atoms with Crippen molar-refractivity contribution in [2.24, 2.45) is 0 Å². The number of rotatable bonds is 5. The van der Waals surface area contributed by atoms with Crippen molar-refractivity contribution in [1.82, 2.24) is 14.9 Å². The Labute approximate surface area is 133 Å². The van der Waals surface area contributed by atoms with Gasteiger partial charge in [-0.25, -0.2) is 14.4 Å². The van der Waals surface area contributed by atoms with E-state index in [1.54, 1.807) is 42.4 Å². The highest BCUT2D eigenvalue weighted by Crippen LogP contribution is 2.19. The molecule has 1 unspecified atom stereocenters. The fourth-order valence-corrected chi connectivity index (χ4v) is 2.34. The molecular weight excluding hydrogens is 299 g/mol. The summed E-state index contributed by atoms with van der Waals surface area (Å²) in [6, 6.07) is 7.90.